The summed E-state index contributed by atoms with van der Waals surface area (Å²) in [5.41, 5.74) is 0.490. The second-order valence-corrected chi connectivity index (χ2v) is 10.2. The largest absolute Gasteiger partial charge is 0.342 e. The average molecular weight is 447 g/mol. The Kier molecular flexibility index (Phi) is 6.31. The first-order valence-electron chi connectivity index (χ1n) is 11.1. The van der Waals surface area contributed by atoms with Crippen LogP contribution in [0, 0.1) is 5.92 Å². The van der Waals surface area contributed by atoms with E-state index in [4.69, 9.17) is 0 Å². The summed E-state index contributed by atoms with van der Waals surface area (Å²) in [5, 5.41) is 0. The first kappa shape index (κ1) is 21.8. The number of benzene rings is 1. The minimum absolute atomic E-state index is 0.0164. The molecule has 8 nitrogen and oxygen atoms in total. The Hall–Kier alpha value is -2.42. The van der Waals surface area contributed by atoms with Crippen molar-refractivity contribution >= 4 is 27.7 Å². The van der Waals surface area contributed by atoms with Gasteiger partial charge in [-0.3, -0.25) is 19.3 Å². The summed E-state index contributed by atoms with van der Waals surface area (Å²) in [6.07, 6.45) is 5.87. The lowest BCUT2D eigenvalue weighted by atomic mass is 9.94. The Morgan fingerprint density at radius 1 is 1.00 bits per heavy atom. The molecule has 3 aliphatic rings. The number of hydrogen-bond donors (Lipinski definition) is 1. The van der Waals surface area contributed by atoms with Gasteiger partial charge in [0.05, 0.1) is 4.90 Å². The maximum atomic E-state index is 12.9. The molecule has 168 valence electrons. The number of nitrogens with zero attached hydrogens (tertiary/aromatic N) is 3. The van der Waals surface area contributed by atoms with Crippen molar-refractivity contribution in [1.82, 2.24) is 14.5 Å². The predicted octanol–water partition coefficient (Wildman–Crippen LogP) is 1.75. The van der Waals surface area contributed by atoms with Crippen LogP contribution in [0.4, 0.5) is 0 Å². The zero-order chi connectivity index (χ0) is 22.0. The van der Waals surface area contributed by atoms with E-state index in [0.717, 1.165) is 25.9 Å². The lowest BCUT2D eigenvalue weighted by Gasteiger charge is -2.34. The lowest BCUT2D eigenvalue weighted by Crippen LogP contribution is -2.47. The van der Waals surface area contributed by atoms with Gasteiger partial charge >= 0.3 is 0 Å². The highest BCUT2D eigenvalue weighted by molar-refractivity contribution is 7.90. The first-order chi connectivity index (χ1) is 14.9. The Labute approximate surface area is 183 Å². The second kappa shape index (κ2) is 8.98. The van der Waals surface area contributed by atoms with E-state index < -0.39 is 16.1 Å². The molecule has 1 N–H and O–H groups in total. The molecule has 0 aliphatic carbocycles. The van der Waals surface area contributed by atoms with Crippen LogP contribution in [0.1, 0.15) is 51.0 Å². The van der Waals surface area contributed by atoms with Gasteiger partial charge < -0.3 is 9.80 Å². The van der Waals surface area contributed by atoms with Gasteiger partial charge in [-0.25, -0.2) is 8.42 Å². The minimum atomic E-state index is -3.63. The van der Waals surface area contributed by atoms with Gasteiger partial charge in [-0.15, -0.1) is 0 Å². The van der Waals surface area contributed by atoms with Gasteiger partial charge in [0.15, 0.2) is 0 Å². The van der Waals surface area contributed by atoms with Crippen LogP contribution in [0.3, 0.4) is 0 Å². The van der Waals surface area contributed by atoms with Crippen LogP contribution in [-0.2, 0) is 19.6 Å². The minimum Gasteiger partial charge on any atom is -0.342 e. The monoisotopic (exact) mass is 446 g/mol. The zero-order valence-corrected chi connectivity index (χ0v) is 18.7. The smallest absolute Gasteiger partial charge is 0.263 e. The SMILES string of the molecule is C[C@H](N=C1NS(=O)(=O)c2ccccc21)C(=O)N1CCC(C(=O)N2CCCCCC2)CC1. The van der Waals surface area contributed by atoms with Gasteiger partial charge in [-0.05, 0) is 44.7 Å². The van der Waals surface area contributed by atoms with E-state index in [0.29, 0.717) is 31.5 Å². The fourth-order valence-corrected chi connectivity index (χ4v) is 5.88. The number of aliphatic imine (C=N–C) groups is 1. The van der Waals surface area contributed by atoms with Crippen LogP contribution in [0.25, 0.3) is 0 Å². The highest BCUT2D eigenvalue weighted by Crippen LogP contribution is 2.24. The molecule has 0 aromatic heterocycles. The van der Waals surface area contributed by atoms with Gasteiger partial charge in [-0.2, -0.15) is 0 Å². The van der Waals surface area contributed by atoms with E-state index in [1.54, 1.807) is 30.0 Å². The molecule has 0 radical (unpaired) electrons. The molecule has 2 fully saturated rings. The third-order valence-electron chi connectivity index (χ3n) is 6.42. The number of carbonyl (C=O) groups excluding carboxylic acids is 2. The van der Waals surface area contributed by atoms with Crippen LogP contribution in [0.5, 0.6) is 0 Å². The number of hydrogen-bond acceptors (Lipinski definition) is 5. The predicted molar refractivity (Wildman–Crippen MR) is 117 cm³/mol. The molecule has 3 heterocycles. The molecular formula is C22H30N4O4S. The number of nitrogens with one attached hydrogen (secondary N) is 1. The molecule has 9 heteroatoms. The third kappa shape index (κ3) is 4.61. The van der Waals surface area contributed by atoms with Crippen molar-refractivity contribution in [3.05, 3.63) is 29.8 Å². The summed E-state index contributed by atoms with van der Waals surface area (Å²) in [7, 11) is -3.63. The van der Waals surface area contributed by atoms with Crippen molar-refractivity contribution in [3.63, 3.8) is 0 Å². The maximum absolute atomic E-state index is 12.9. The van der Waals surface area contributed by atoms with Crippen LogP contribution in [-0.4, -0.2) is 68.1 Å². The molecule has 1 atom stereocenters. The van der Waals surface area contributed by atoms with Gasteiger partial charge in [0, 0.05) is 37.7 Å². The van der Waals surface area contributed by atoms with Crippen molar-refractivity contribution < 1.29 is 18.0 Å². The Morgan fingerprint density at radius 3 is 2.32 bits per heavy atom. The molecule has 4 rings (SSSR count). The first-order valence-corrected chi connectivity index (χ1v) is 12.6. The zero-order valence-electron chi connectivity index (χ0n) is 17.9. The lowest BCUT2D eigenvalue weighted by molar-refractivity contribution is -0.141. The molecule has 2 saturated heterocycles. The molecule has 0 unspecified atom stereocenters. The Morgan fingerprint density at radius 2 is 1.65 bits per heavy atom. The van der Waals surface area contributed by atoms with Crippen molar-refractivity contribution in [2.45, 2.75) is 56.4 Å². The van der Waals surface area contributed by atoms with Gasteiger partial charge in [-0.1, -0.05) is 25.0 Å². The molecule has 3 aliphatic heterocycles. The molecule has 31 heavy (non-hydrogen) atoms. The summed E-state index contributed by atoms with van der Waals surface area (Å²) < 4.78 is 26.9. The number of piperidine rings is 1. The Balaban J connectivity index is 1.37. The van der Waals surface area contributed by atoms with Crippen LogP contribution < -0.4 is 4.72 Å². The van der Waals surface area contributed by atoms with Crippen LogP contribution >= 0.6 is 0 Å². The van der Waals surface area contributed by atoms with E-state index in [1.807, 2.05) is 4.90 Å². The third-order valence-corrected chi connectivity index (χ3v) is 7.81. The summed E-state index contributed by atoms with van der Waals surface area (Å²) in [6.45, 7) is 4.44. The molecular weight excluding hydrogens is 416 g/mol. The number of amidine groups is 1. The topological polar surface area (TPSA) is 99.1 Å². The molecule has 1 aromatic rings. The average Bonchev–Trinajstić information content (AvgIpc) is 2.95. The van der Waals surface area contributed by atoms with Crippen LogP contribution in [0.15, 0.2) is 34.2 Å². The number of amides is 2. The number of fused-ring (bicyclic) bond motifs is 1. The molecule has 0 spiro atoms. The Bertz CT molecular complexity index is 975. The van der Waals surface area contributed by atoms with Crippen molar-refractivity contribution in [1.29, 1.82) is 0 Å². The highest BCUT2D eigenvalue weighted by Gasteiger charge is 2.34. The summed E-state index contributed by atoms with van der Waals surface area (Å²) >= 11 is 0. The highest BCUT2D eigenvalue weighted by atomic mass is 32.2. The van der Waals surface area contributed by atoms with Crippen molar-refractivity contribution in [2.75, 3.05) is 26.2 Å². The standard InChI is InChI=1S/C22H30N4O4S/c1-16(23-20-18-8-4-5-9-19(18)31(29,30)24-20)21(27)26-14-10-17(11-15-26)22(28)25-12-6-2-3-7-13-25/h4-5,8-9,16-17H,2-3,6-7,10-15H2,1H3,(H,23,24)/t16-/m0/s1. The van der Waals surface area contributed by atoms with E-state index in [1.165, 1.54) is 18.9 Å². The van der Waals surface area contributed by atoms with Gasteiger partial charge in [0.2, 0.25) is 11.8 Å². The normalized spacial score (nSPS) is 23.7. The fourth-order valence-electron chi connectivity index (χ4n) is 4.64. The summed E-state index contributed by atoms with van der Waals surface area (Å²) in [5.74, 6) is 0.288. The molecule has 0 bridgehead atoms. The van der Waals surface area contributed by atoms with Gasteiger partial charge in [0.25, 0.3) is 10.0 Å². The maximum Gasteiger partial charge on any atom is 0.263 e. The number of sulfonamides is 1. The summed E-state index contributed by atoms with van der Waals surface area (Å²) in [6, 6.07) is 5.91. The number of carbonyl (C=O) groups is 2. The van der Waals surface area contributed by atoms with Gasteiger partial charge in [0.1, 0.15) is 11.9 Å². The van der Waals surface area contributed by atoms with E-state index in [9.17, 15) is 18.0 Å². The quantitative estimate of drug-likeness (QED) is 0.765. The fraction of sp³-hybridized carbons (Fsp3) is 0.591. The number of rotatable bonds is 3. The summed E-state index contributed by atoms with van der Waals surface area (Å²) in [4.78, 5) is 34.1. The van der Waals surface area contributed by atoms with Crippen molar-refractivity contribution in [2.24, 2.45) is 10.9 Å². The second-order valence-electron chi connectivity index (χ2n) is 8.59. The van der Waals surface area contributed by atoms with Crippen LogP contribution in [0.2, 0.25) is 0 Å². The molecule has 0 saturated carbocycles. The molecule has 1 aromatic carbocycles. The van der Waals surface area contributed by atoms with E-state index in [2.05, 4.69) is 9.71 Å². The van der Waals surface area contributed by atoms with E-state index in [-0.39, 0.29) is 28.5 Å². The number of likely N-dealkylation sites (tertiary alicyclic amines) is 2. The van der Waals surface area contributed by atoms with Crippen molar-refractivity contribution in [3.8, 4) is 0 Å². The molecule has 2 amide bonds. The van der Waals surface area contributed by atoms with E-state index >= 15 is 0 Å².